The Kier molecular flexibility index (Phi) is 31.9. The van der Waals surface area contributed by atoms with Crippen LogP contribution in [0.3, 0.4) is 0 Å². The quantitative estimate of drug-likeness (QED) is 0.0253. The normalized spacial score (nSPS) is 11.5. The summed E-state index contributed by atoms with van der Waals surface area (Å²) in [5.74, 6) is 0. The second-order valence-electron chi connectivity index (χ2n) is 17.5. The molecule has 0 saturated carbocycles. The van der Waals surface area contributed by atoms with E-state index in [4.69, 9.17) is 0 Å². The molecule has 4 aromatic heterocycles. The zero-order valence-corrected chi connectivity index (χ0v) is 42.7. The zero-order valence-electron chi connectivity index (χ0n) is 42.7. The fourth-order valence-corrected chi connectivity index (χ4v) is 7.58. The van der Waals surface area contributed by atoms with E-state index in [1.165, 1.54) is 147 Å². The summed E-state index contributed by atoms with van der Waals surface area (Å²) in [7, 11) is -24.0. The number of hydrogen-bond donors (Lipinski definition) is 0. The number of hydrogen-bond acceptors (Lipinski definition) is 0. The van der Waals surface area contributed by atoms with E-state index in [9.17, 15) is 69.1 Å². The number of halogens is 16. The Hall–Kier alpha value is -5.04. The largest absolute Gasteiger partial charge is 0.673 e. The zero-order chi connectivity index (χ0) is 55.8. The third-order valence-corrected chi connectivity index (χ3v) is 11.0. The van der Waals surface area contributed by atoms with Crippen LogP contribution in [0.1, 0.15) is 130 Å². The number of aryl methyl sites for hydroxylation is 4. The van der Waals surface area contributed by atoms with E-state index < -0.39 is 29.0 Å². The summed E-state index contributed by atoms with van der Waals surface area (Å²) in [4.78, 5) is 0. The lowest BCUT2D eigenvalue weighted by atomic mass is 9.86. The first-order chi connectivity index (χ1) is 34.6. The van der Waals surface area contributed by atoms with Crippen LogP contribution in [-0.2, 0) is 26.2 Å². The number of unbranched alkanes of at least 4 members (excludes halogenated alkanes) is 12. The number of nitrogens with zero attached hydrogens (tertiary/aromatic N) is 4. The third-order valence-electron chi connectivity index (χ3n) is 11.0. The van der Waals surface area contributed by atoms with Gasteiger partial charge in [0.25, 0.3) is 0 Å². The first kappa shape index (κ1) is 67.0. The van der Waals surface area contributed by atoms with Gasteiger partial charge in [0.15, 0.2) is 49.6 Å². The van der Waals surface area contributed by atoms with Gasteiger partial charge in [-0.25, -0.2) is 18.3 Å². The van der Waals surface area contributed by atoms with Crippen molar-refractivity contribution in [3.63, 3.8) is 0 Å². The van der Waals surface area contributed by atoms with Gasteiger partial charge in [0.2, 0.25) is 0 Å². The van der Waals surface area contributed by atoms with E-state index in [0.717, 1.165) is 26.2 Å². The molecule has 0 atom stereocenters. The van der Waals surface area contributed by atoms with E-state index in [-0.39, 0.29) is 0 Å². The summed E-state index contributed by atoms with van der Waals surface area (Å²) in [6.45, 7) is 13.4. The van der Waals surface area contributed by atoms with Gasteiger partial charge in [-0.1, -0.05) is 79.1 Å². The van der Waals surface area contributed by atoms with Crippen LogP contribution in [0.4, 0.5) is 69.1 Å². The molecule has 74 heavy (non-hydrogen) atoms. The Morgan fingerprint density at radius 1 is 0.257 bits per heavy atom. The number of pyridine rings is 4. The monoisotopic (exact) mass is 1070 g/mol. The van der Waals surface area contributed by atoms with Crippen LogP contribution in [0.2, 0.25) is 0 Å². The van der Waals surface area contributed by atoms with Crippen LogP contribution in [0.25, 0.3) is 44.5 Å². The topological polar surface area (TPSA) is 15.5 Å². The molecule has 0 unspecified atom stereocenters. The number of aromatic nitrogens is 4. The second-order valence-corrected chi connectivity index (χ2v) is 17.5. The molecule has 0 N–H and O–H groups in total. The van der Waals surface area contributed by atoms with Gasteiger partial charge in [-0.3, -0.25) is 0 Å². The van der Waals surface area contributed by atoms with Crippen LogP contribution in [0.15, 0.2) is 110 Å². The molecule has 0 radical (unpaired) electrons. The Bertz CT molecular complexity index is 1890. The smallest absolute Gasteiger partial charge is 0.418 e. The molecule has 4 nitrogen and oxygen atoms in total. The highest BCUT2D eigenvalue weighted by molar-refractivity contribution is 6.51. The summed E-state index contributed by atoms with van der Waals surface area (Å²) < 4.78 is 165. The molecule has 24 heteroatoms. The molecule has 4 heterocycles. The lowest BCUT2D eigenvalue weighted by Crippen LogP contribution is -2.32. The van der Waals surface area contributed by atoms with E-state index in [0.29, 0.717) is 0 Å². The molecule has 0 saturated heterocycles. The van der Waals surface area contributed by atoms with E-state index in [1.807, 2.05) is 0 Å². The van der Waals surface area contributed by atoms with Crippen molar-refractivity contribution in [2.75, 3.05) is 0 Å². The van der Waals surface area contributed by atoms with Gasteiger partial charge in [-0.2, -0.15) is 0 Å². The lowest BCUT2D eigenvalue weighted by Gasteiger charge is -2.17. The van der Waals surface area contributed by atoms with Crippen molar-refractivity contribution in [1.29, 1.82) is 0 Å². The molecule has 0 aliphatic rings. The predicted octanol–water partition coefficient (Wildman–Crippen LogP) is 17.0. The molecule has 5 rings (SSSR count). The van der Waals surface area contributed by atoms with Crippen molar-refractivity contribution < 1.29 is 87.3 Å². The van der Waals surface area contributed by atoms with E-state index in [2.05, 4.69) is 156 Å². The number of rotatable bonds is 24. The molecular formula is C50H70B4F16N4. The van der Waals surface area contributed by atoms with Gasteiger partial charge in [-0.05, 0) is 82.3 Å². The van der Waals surface area contributed by atoms with Gasteiger partial charge < -0.3 is 69.1 Å². The van der Waals surface area contributed by atoms with Crippen molar-refractivity contribution in [3.05, 3.63) is 110 Å². The summed E-state index contributed by atoms with van der Waals surface area (Å²) >= 11 is 0. The highest BCUT2D eigenvalue weighted by atomic mass is 19.5. The summed E-state index contributed by atoms with van der Waals surface area (Å²) in [6.07, 6.45) is 38.7. The first-order valence-corrected chi connectivity index (χ1v) is 25.3. The van der Waals surface area contributed by atoms with Gasteiger partial charge in [-0.15, -0.1) is 0 Å². The highest BCUT2D eigenvalue weighted by Gasteiger charge is 2.23. The van der Waals surface area contributed by atoms with E-state index >= 15 is 0 Å². The maximum atomic E-state index is 9.75. The second kappa shape index (κ2) is 35.3. The maximum Gasteiger partial charge on any atom is 0.673 e. The van der Waals surface area contributed by atoms with Crippen molar-refractivity contribution >= 4 is 29.0 Å². The molecule has 1 aromatic carbocycles. The van der Waals surface area contributed by atoms with Crippen LogP contribution in [-0.4, -0.2) is 29.0 Å². The van der Waals surface area contributed by atoms with E-state index in [1.54, 1.807) is 0 Å². The SMILES string of the molecule is CCCCCC[n+]1ccc(-c2cc(-c3cc[n+](CCCCCC)cc3)c(-c3cc[n+](CCCCCC)cc3)cc2-c2cc[n+](CCCCCC)cc2)cc1.F[B-](F)(F)F.F[B-](F)(F)F.F[B-](F)(F)F.F[B-](F)(F)F. The molecule has 0 bridgehead atoms. The molecule has 0 fully saturated rings. The van der Waals surface area contributed by atoms with Crippen molar-refractivity contribution in [1.82, 2.24) is 0 Å². The Labute approximate surface area is 426 Å². The molecule has 0 amide bonds. The maximum absolute atomic E-state index is 9.75. The van der Waals surface area contributed by atoms with Crippen molar-refractivity contribution in [2.45, 2.75) is 157 Å². The average molecular weight is 1070 g/mol. The first-order valence-electron chi connectivity index (χ1n) is 25.3. The van der Waals surface area contributed by atoms with Gasteiger partial charge in [0.1, 0.15) is 26.2 Å². The molecule has 414 valence electrons. The fraction of sp³-hybridized carbons (Fsp3) is 0.480. The average Bonchev–Trinajstić information content (AvgIpc) is 3.30. The molecule has 5 aromatic rings. The lowest BCUT2D eigenvalue weighted by molar-refractivity contribution is -0.697. The Morgan fingerprint density at radius 2 is 0.405 bits per heavy atom. The predicted molar refractivity (Wildman–Crippen MR) is 266 cm³/mol. The molecule has 0 spiro atoms. The minimum atomic E-state index is -6.00. The van der Waals surface area contributed by atoms with Crippen LogP contribution < -0.4 is 18.3 Å². The molecule has 0 aliphatic heterocycles. The summed E-state index contributed by atoms with van der Waals surface area (Å²) in [5.41, 5.74) is 10.2. The third kappa shape index (κ3) is 35.2. The molecular weight excluding hydrogens is 1000 g/mol. The van der Waals surface area contributed by atoms with Gasteiger partial charge in [0.05, 0.1) is 0 Å². The van der Waals surface area contributed by atoms with Crippen LogP contribution >= 0.6 is 0 Å². The van der Waals surface area contributed by atoms with Crippen LogP contribution in [0, 0.1) is 0 Å². The summed E-state index contributed by atoms with van der Waals surface area (Å²) in [6, 6.07) is 23.6. The fourth-order valence-electron chi connectivity index (χ4n) is 7.58. The van der Waals surface area contributed by atoms with Gasteiger partial charge in [0, 0.05) is 74.2 Å². The van der Waals surface area contributed by atoms with Crippen molar-refractivity contribution in [3.8, 4) is 44.5 Å². The van der Waals surface area contributed by atoms with Crippen molar-refractivity contribution in [2.24, 2.45) is 0 Å². The highest BCUT2D eigenvalue weighted by Crippen LogP contribution is 2.41. The summed E-state index contributed by atoms with van der Waals surface area (Å²) in [5, 5.41) is 0. The Morgan fingerprint density at radius 3 is 0.541 bits per heavy atom. The minimum Gasteiger partial charge on any atom is -0.418 e. The Balaban J connectivity index is 0.00000116. The molecule has 0 aliphatic carbocycles. The van der Waals surface area contributed by atoms with Gasteiger partial charge >= 0.3 is 29.0 Å². The van der Waals surface area contributed by atoms with Crippen LogP contribution in [0.5, 0.6) is 0 Å². The minimum absolute atomic E-state index is 1.07. The number of benzene rings is 1. The standard InChI is InChI=1S/C50H70N4.4BF4/c1-5-9-13-17-29-51-33-21-43(22-34-51)47-41-49(45-25-37-53(38-26-45)31-19-15-11-7-3)50(46-27-39-54(40-28-46)32-20-16-12-8-4)42-48(47)44-23-35-52(36-24-44)30-18-14-10-6-2;4*2-1(3,4)5/h21-28,33-42H,5-20,29-32H2,1-4H3;;;;/q+4;4*-1.